The number of fused-ring (bicyclic) bond motifs is 1. The highest BCUT2D eigenvalue weighted by Gasteiger charge is 2.11. The molecule has 0 radical (unpaired) electrons. The van der Waals surface area contributed by atoms with Crippen LogP contribution < -0.4 is 10.3 Å². The van der Waals surface area contributed by atoms with Gasteiger partial charge in [-0.1, -0.05) is 34.5 Å². The van der Waals surface area contributed by atoms with Crippen molar-refractivity contribution in [2.45, 2.75) is 26.7 Å². The largest absolute Gasteiger partial charge is 0.491 e. The fourth-order valence-corrected chi connectivity index (χ4v) is 4.11. The molecule has 8 heteroatoms. The van der Waals surface area contributed by atoms with Crippen molar-refractivity contribution in [2.75, 3.05) is 6.61 Å². The predicted octanol–water partition coefficient (Wildman–Crippen LogP) is 5.81. The van der Waals surface area contributed by atoms with Gasteiger partial charge in [-0.3, -0.25) is 4.79 Å². The third-order valence-electron chi connectivity index (χ3n) is 3.98. The molecule has 0 N–H and O–H groups in total. The maximum absolute atomic E-state index is 13.0. The van der Waals surface area contributed by atoms with Crippen molar-refractivity contribution in [1.29, 1.82) is 0 Å². The molecular formula is C20H18Br2ClN3O2. The summed E-state index contributed by atoms with van der Waals surface area (Å²) in [5.74, 6) is 1.21. The molecule has 2 aromatic carbocycles. The summed E-state index contributed by atoms with van der Waals surface area (Å²) in [5.41, 5.74) is 1.20. The zero-order chi connectivity index (χ0) is 20.3. The van der Waals surface area contributed by atoms with Crippen molar-refractivity contribution < 1.29 is 4.74 Å². The number of hydrogen-bond acceptors (Lipinski definition) is 4. The highest BCUT2D eigenvalue weighted by atomic mass is 79.9. The SMILES string of the molecule is CCCc1nc2ccc(Br)cc2c(=O)n1N=Cc1cc(Cl)c(OCC)c(Br)c1. The van der Waals surface area contributed by atoms with Crippen LogP contribution in [0.4, 0.5) is 0 Å². The lowest BCUT2D eigenvalue weighted by Crippen LogP contribution is -2.22. The first-order valence-electron chi connectivity index (χ1n) is 8.82. The summed E-state index contributed by atoms with van der Waals surface area (Å²) in [4.78, 5) is 17.6. The Labute approximate surface area is 184 Å². The lowest BCUT2D eigenvalue weighted by atomic mass is 10.2. The van der Waals surface area contributed by atoms with Crippen molar-refractivity contribution >= 4 is 60.6 Å². The molecule has 0 bridgehead atoms. The molecule has 0 aliphatic carbocycles. The second kappa shape index (κ2) is 9.20. The molecule has 0 spiro atoms. The quantitative estimate of drug-likeness (QED) is 0.380. The van der Waals surface area contributed by atoms with Crippen molar-refractivity contribution in [1.82, 2.24) is 9.66 Å². The molecular weight excluding hydrogens is 510 g/mol. The second-order valence-electron chi connectivity index (χ2n) is 6.05. The Kier molecular flexibility index (Phi) is 6.91. The second-order valence-corrected chi connectivity index (χ2v) is 8.22. The van der Waals surface area contributed by atoms with Crippen LogP contribution in [0.2, 0.25) is 5.02 Å². The Morgan fingerprint density at radius 1 is 1.25 bits per heavy atom. The van der Waals surface area contributed by atoms with Crippen LogP contribution in [-0.2, 0) is 6.42 Å². The molecule has 1 heterocycles. The average molecular weight is 528 g/mol. The fourth-order valence-electron chi connectivity index (χ4n) is 2.76. The molecule has 28 heavy (non-hydrogen) atoms. The van der Waals surface area contributed by atoms with Crippen molar-refractivity contribution in [3.05, 3.63) is 66.0 Å². The van der Waals surface area contributed by atoms with E-state index in [1.54, 1.807) is 18.3 Å². The third-order valence-corrected chi connectivity index (χ3v) is 5.34. The number of halogens is 3. The monoisotopic (exact) mass is 525 g/mol. The Morgan fingerprint density at radius 2 is 2.04 bits per heavy atom. The van der Waals surface area contributed by atoms with E-state index in [1.807, 2.05) is 32.0 Å². The van der Waals surface area contributed by atoms with Crippen molar-refractivity contribution in [2.24, 2.45) is 5.10 Å². The zero-order valence-corrected chi connectivity index (χ0v) is 19.3. The summed E-state index contributed by atoms with van der Waals surface area (Å²) in [5, 5.41) is 5.40. The van der Waals surface area contributed by atoms with E-state index in [4.69, 9.17) is 16.3 Å². The first-order chi connectivity index (χ1) is 13.4. The zero-order valence-electron chi connectivity index (χ0n) is 15.4. The number of hydrogen-bond donors (Lipinski definition) is 0. The third kappa shape index (κ3) is 4.47. The first kappa shape index (κ1) is 21.0. The van der Waals surface area contributed by atoms with Gasteiger partial charge in [0.15, 0.2) is 5.75 Å². The lowest BCUT2D eigenvalue weighted by Gasteiger charge is -2.10. The maximum Gasteiger partial charge on any atom is 0.282 e. The molecule has 0 saturated heterocycles. The van der Waals surface area contributed by atoms with Crippen LogP contribution in [0, 0.1) is 0 Å². The van der Waals surface area contributed by atoms with Crippen LogP contribution in [0.25, 0.3) is 10.9 Å². The molecule has 0 unspecified atom stereocenters. The minimum Gasteiger partial charge on any atom is -0.491 e. The summed E-state index contributed by atoms with van der Waals surface area (Å²) < 4.78 is 8.43. The van der Waals surface area contributed by atoms with Crippen molar-refractivity contribution in [3.8, 4) is 5.75 Å². The van der Waals surface area contributed by atoms with Gasteiger partial charge in [-0.15, -0.1) is 0 Å². The van der Waals surface area contributed by atoms with E-state index >= 15 is 0 Å². The highest BCUT2D eigenvalue weighted by molar-refractivity contribution is 9.10. The molecule has 1 aromatic heterocycles. The summed E-state index contributed by atoms with van der Waals surface area (Å²) >= 11 is 13.2. The van der Waals surface area contributed by atoms with Crippen LogP contribution in [-0.4, -0.2) is 22.5 Å². The summed E-state index contributed by atoms with van der Waals surface area (Å²) in [6, 6.07) is 9.05. The summed E-state index contributed by atoms with van der Waals surface area (Å²) in [6.07, 6.45) is 3.09. The molecule has 3 aromatic rings. The van der Waals surface area contributed by atoms with E-state index in [9.17, 15) is 4.79 Å². The van der Waals surface area contributed by atoms with Gasteiger partial charge in [0.2, 0.25) is 0 Å². The van der Waals surface area contributed by atoms with Crippen molar-refractivity contribution in [3.63, 3.8) is 0 Å². The summed E-state index contributed by atoms with van der Waals surface area (Å²) in [7, 11) is 0. The predicted molar refractivity (Wildman–Crippen MR) is 121 cm³/mol. The molecule has 0 aliphatic heterocycles. The Bertz CT molecular complexity index is 1090. The van der Waals surface area contributed by atoms with Gasteiger partial charge < -0.3 is 4.74 Å². The average Bonchev–Trinajstić information content (AvgIpc) is 2.65. The molecule has 5 nitrogen and oxygen atoms in total. The molecule has 0 atom stereocenters. The van der Waals surface area contributed by atoms with E-state index in [2.05, 4.69) is 41.9 Å². The fraction of sp³-hybridized carbons (Fsp3) is 0.250. The van der Waals surface area contributed by atoms with Gasteiger partial charge in [-0.05, 0) is 65.2 Å². The molecule has 0 saturated carbocycles. The van der Waals surface area contributed by atoms with Crippen LogP contribution in [0.3, 0.4) is 0 Å². The Balaban J connectivity index is 2.09. The standard InChI is InChI=1S/C20H18Br2ClN3O2/c1-3-5-18-25-17-7-6-13(21)10-14(17)20(27)26(18)24-11-12-8-15(22)19(28-4-2)16(23)9-12/h6-11H,3-5H2,1-2H3. The molecule has 0 fully saturated rings. The van der Waals surface area contributed by atoms with Crippen LogP contribution in [0.5, 0.6) is 5.75 Å². The number of nitrogens with zero attached hydrogens (tertiary/aromatic N) is 3. The van der Waals surface area contributed by atoms with Crippen LogP contribution in [0.15, 0.2) is 49.2 Å². The van der Waals surface area contributed by atoms with Gasteiger partial charge >= 0.3 is 0 Å². The maximum atomic E-state index is 13.0. The minimum absolute atomic E-state index is 0.206. The number of aromatic nitrogens is 2. The lowest BCUT2D eigenvalue weighted by molar-refractivity contribution is 0.338. The van der Waals surface area contributed by atoms with E-state index < -0.39 is 0 Å². The van der Waals surface area contributed by atoms with Crippen LogP contribution >= 0.6 is 43.5 Å². The van der Waals surface area contributed by atoms with Gasteiger partial charge in [0, 0.05) is 10.9 Å². The van der Waals surface area contributed by atoms with E-state index in [0.717, 1.165) is 20.9 Å². The Morgan fingerprint density at radius 3 is 2.71 bits per heavy atom. The normalized spacial score (nSPS) is 11.5. The summed E-state index contributed by atoms with van der Waals surface area (Å²) in [6.45, 7) is 4.44. The number of aryl methyl sites for hydroxylation is 1. The van der Waals surface area contributed by atoms with Crippen LogP contribution in [0.1, 0.15) is 31.7 Å². The van der Waals surface area contributed by atoms with E-state index in [-0.39, 0.29) is 5.56 Å². The molecule has 0 aliphatic rings. The minimum atomic E-state index is -0.206. The number of benzene rings is 2. The van der Waals surface area contributed by atoms with E-state index in [0.29, 0.717) is 40.5 Å². The van der Waals surface area contributed by atoms with Gasteiger partial charge in [0.25, 0.3) is 5.56 Å². The topological polar surface area (TPSA) is 56.5 Å². The molecule has 146 valence electrons. The van der Waals surface area contributed by atoms with E-state index in [1.165, 1.54) is 4.68 Å². The molecule has 3 rings (SSSR count). The smallest absolute Gasteiger partial charge is 0.282 e. The van der Waals surface area contributed by atoms with Gasteiger partial charge in [0.05, 0.1) is 33.2 Å². The number of rotatable bonds is 6. The van der Waals surface area contributed by atoms with Gasteiger partial charge in [-0.25, -0.2) is 4.98 Å². The molecule has 0 amide bonds. The highest BCUT2D eigenvalue weighted by Crippen LogP contribution is 2.34. The van der Waals surface area contributed by atoms with Gasteiger partial charge in [-0.2, -0.15) is 9.78 Å². The number of ether oxygens (including phenoxy) is 1. The Hall–Kier alpha value is -1.70. The van der Waals surface area contributed by atoms with Gasteiger partial charge in [0.1, 0.15) is 5.82 Å². The first-order valence-corrected chi connectivity index (χ1v) is 10.8.